The third-order valence-corrected chi connectivity index (χ3v) is 3.14. The number of carbonyl (C=O) groups excluding carboxylic acids is 1. The predicted molar refractivity (Wildman–Crippen MR) is 67.5 cm³/mol. The van der Waals surface area contributed by atoms with E-state index in [1.54, 1.807) is 0 Å². The zero-order valence-corrected chi connectivity index (χ0v) is 10.9. The largest absolute Gasteiger partial charge is 0.336 e. The molecule has 94 valence electrons. The van der Waals surface area contributed by atoms with Crippen LogP contribution >= 0.6 is 0 Å². The second kappa shape index (κ2) is 6.77. The zero-order valence-electron chi connectivity index (χ0n) is 10.9. The number of urea groups is 1. The van der Waals surface area contributed by atoms with E-state index in [-0.39, 0.29) is 12.1 Å². The third-order valence-electron chi connectivity index (χ3n) is 3.14. The molecule has 16 heavy (non-hydrogen) atoms. The fraction of sp³-hybridized carbons (Fsp3) is 0.923. The van der Waals surface area contributed by atoms with Gasteiger partial charge in [0.05, 0.1) is 0 Å². The van der Waals surface area contributed by atoms with E-state index in [9.17, 15) is 4.79 Å². The number of rotatable bonds is 4. The van der Waals surface area contributed by atoms with Crippen molar-refractivity contribution in [2.45, 2.75) is 71.4 Å². The van der Waals surface area contributed by atoms with Gasteiger partial charge in [0.15, 0.2) is 0 Å². The van der Waals surface area contributed by atoms with E-state index in [0.717, 1.165) is 19.3 Å². The predicted octanol–water partition coefficient (Wildman–Crippen LogP) is 3.05. The smallest absolute Gasteiger partial charge is 0.315 e. The van der Waals surface area contributed by atoms with Gasteiger partial charge in [-0.3, -0.25) is 0 Å². The minimum Gasteiger partial charge on any atom is -0.336 e. The van der Waals surface area contributed by atoms with E-state index >= 15 is 0 Å². The van der Waals surface area contributed by atoms with Crippen LogP contribution in [0.5, 0.6) is 0 Å². The van der Waals surface area contributed by atoms with E-state index in [2.05, 4.69) is 31.4 Å². The van der Waals surface area contributed by atoms with Crippen LogP contribution in [0.3, 0.4) is 0 Å². The Morgan fingerprint density at radius 1 is 1.19 bits per heavy atom. The lowest BCUT2D eigenvalue weighted by molar-refractivity contribution is 0.228. The monoisotopic (exact) mass is 226 g/mol. The molecule has 2 amide bonds. The van der Waals surface area contributed by atoms with Crippen LogP contribution in [0.1, 0.15) is 59.3 Å². The molecule has 1 aliphatic carbocycles. The SMILES string of the molecule is CC(C)C[C@@H](C)NC(=O)NC1CCCCC1. The number of hydrogen-bond donors (Lipinski definition) is 2. The van der Waals surface area contributed by atoms with Gasteiger partial charge in [0.2, 0.25) is 0 Å². The molecular formula is C13H26N2O. The van der Waals surface area contributed by atoms with Crippen molar-refractivity contribution in [3.05, 3.63) is 0 Å². The topological polar surface area (TPSA) is 41.1 Å². The second-order valence-corrected chi connectivity index (χ2v) is 5.48. The molecule has 0 aromatic carbocycles. The van der Waals surface area contributed by atoms with E-state index in [0.29, 0.717) is 12.0 Å². The minimum atomic E-state index is 0.0139. The summed E-state index contributed by atoms with van der Waals surface area (Å²) < 4.78 is 0. The molecule has 0 heterocycles. The van der Waals surface area contributed by atoms with Gasteiger partial charge < -0.3 is 10.6 Å². The highest BCUT2D eigenvalue weighted by atomic mass is 16.2. The molecule has 3 heteroatoms. The average molecular weight is 226 g/mol. The van der Waals surface area contributed by atoms with Crippen molar-refractivity contribution in [3.8, 4) is 0 Å². The number of nitrogens with one attached hydrogen (secondary N) is 2. The van der Waals surface area contributed by atoms with Crippen molar-refractivity contribution in [1.82, 2.24) is 10.6 Å². The van der Waals surface area contributed by atoms with Gasteiger partial charge in [-0.05, 0) is 32.1 Å². The van der Waals surface area contributed by atoms with Crippen LogP contribution in [0.15, 0.2) is 0 Å². The molecular weight excluding hydrogens is 200 g/mol. The average Bonchev–Trinajstić information content (AvgIpc) is 2.17. The van der Waals surface area contributed by atoms with E-state index < -0.39 is 0 Å². The van der Waals surface area contributed by atoms with Gasteiger partial charge in [0.1, 0.15) is 0 Å². The van der Waals surface area contributed by atoms with Crippen LogP contribution in [-0.4, -0.2) is 18.1 Å². The fourth-order valence-corrected chi connectivity index (χ4v) is 2.46. The molecule has 0 saturated heterocycles. The third kappa shape index (κ3) is 5.38. The summed E-state index contributed by atoms with van der Waals surface area (Å²) in [5, 5.41) is 6.08. The Kier molecular flexibility index (Phi) is 5.64. The first kappa shape index (κ1) is 13.3. The summed E-state index contributed by atoms with van der Waals surface area (Å²) in [4.78, 5) is 11.7. The maximum absolute atomic E-state index is 11.7. The van der Waals surface area contributed by atoms with Gasteiger partial charge in [-0.25, -0.2) is 4.79 Å². The summed E-state index contributed by atoms with van der Waals surface area (Å²) in [5.74, 6) is 0.630. The molecule has 1 aliphatic rings. The van der Waals surface area contributed by atoms with E-state index in [1.807, 2.05) is 0 Å². The normalized spacial score (nSPS) is 19.5. The lowest BCUT2D eigenvalue weighted by Crippen LogP contribution is -2.46. The summed E-state index contributed by atoms with van der Waals surface area (Å²) in [6, 6.07) is 0.684. The highest BCUT2D eigenvalue weighted by molar-refractivity contribution is 5.74. The summed E-state index contributed by atoms with van der Waals surface area (Å²) in [6.45, 7) is 6.43. The van der Waals surface area contributed by atoms with Gasteiger partial charge in [0.25, 0.3) is 0 Å². The van der Waals surface area contributed by atoms with Gasteiger partial charge in [-0.2, -0.15) is 0 Å². The quantitative estimate of drug-likeness (QED) is 0.760. The fourth-order valence-electron chi connectivity index (χ4n) is 2.46. The van der Waals surface area contributed by atoms with E-state index in [4.69, 9.17) is 0 Å². The molecule has 0 aromatic heterocycles. The minimum absolute atomic E-state index is 0.0139. The van der Waals surface area contributed by atoms with Crippen LogP contribution in [0.2, 0.25) is 0 Å². The summed E-state index contributed by atoms with van der Waals surface area (Å²) in [7, 11) is 0. The highest BCUT2D eigenvalue weighted by Gasteiger charge is 2.16. The van der Waals surface area contributed by atoms with Crippen LogP contribution in [0.25, 0.3) is 0 Å². The molecule has 0 radical (unpaired) electrons. The molecule has 0 aromatic rings. The molecule has 1 fully saturated rings. The van der Waals surface area contributed by atoms with Crippen LogP contribution in [0.4, 0.5) is 4.79 Å². The Hall–Kier alpha value is -0.730. The lowest BCUT2D eigenvalue weighted by atomic mass is 9.96. The first-order valence-corrected chi connectivity index (χ1v) is 6.65. The molecule has 1 saturated carbocycles. The molecule has 0 aliphatic heterocycles. The molecule has 0 spiro atoms. The maximum atomic E-state index is 11.7. The first-order chi connectivity index (χ1) is 7.58. The summed E-state index contributed by atoms with van der Waals surface area (Å²) in [5.41, 5.74) is 0. The molecule has 0 unspecified atom stereocenters. The molecule has 2 N–H and O–H groups in total. The van der Waals surface area contributed by atoms with Crippen LogP contribution < -0.4 is 10.6 Å². The number of hydrogen-bond acceptors (Lipinski definition) is 1. The van der Waals surface area contributed by atoms with Gasteiger partial charge in [-0.15, -0.1) is 0 Å². The summed E-state index contributed by atoms with van der Waals surface area (Å²) in [6.07, 6.45) is 7.17. The van der Waals surface area contributed by atoms with Gasteiger partial charge in [0, 0.05) is 12.1 Å². The van der Waals surface area contributed by atoms with E-state index in [1.165, 1.54) is 19.3 Å². The van der Waals surface area contributed by atoms with Crippen molar-refractivity contribution in [2.75, 3.05) is 0 Å². The van der Waals surface area contributed by atoms with Crippen LogP contribution in [0, 0.1) is 5.92 Å². The van der Waals surface area contributed by atoms with Crippen molar-refractivity contribution < 1.29 is 4.79 Å². The Bertz CT molecular complexity index is 210. The Morgan fingerprint density at radius 2 is 1.81 bits per heavy atom. The van der Waals surface area contributed by atoms with Crippen molar-refractivity contribution in [3.63, 3.8) is 0 Å². The molecule has 0 bridgehead atoms. The maximum Gasteiger partial charge on any atom is 0.315 e. The molecule has 3 nitrogen and oxygen atoms in total. The number of carbonyl (C=O) groups is 1. The Morgan fingerprint density at radius 3 is 2.38 bits per heavy atom. The van der Waals surface area contributed by atoms with Crippen molar-refractivity contribution >= 4 is 6.03 Å². The zero-order chi connectivity index (χ0) is 12.0. The van der Waals surface area contributed by atoms with Crippen molar-refractivity contribution in [1.29, 1.82) is 0 Å². The lowest BCUT2D eigenvalue weighted by Gasteiger charge is -2.24. The first-order valence-electron chi connectivity index (χ1n) is 6.65. The van der Waals surface area contributed by atoms with Crippen molar-refractivity contribution in [2.24, 2.45) is 5.92 Å². The second-order valence-electron chi connectivity index (χ2n) is 5.48. The number of amides is 2. The standard InChI is InChI=1S/C13H26N2O/c1-10(2)9-11(3)14-13(16)15-12-7-5-4-6-8-12/h10-12H,4-9H2,1-3H3,(H2,14,15,16)/t11-/m1/s1. The summed E-state index contributed by atoms with van der Waals surface area (Å²) >= 11 is 0. The molecule has 1 atom stereocenters. The van der Waals surface area contributed by atoms with Gasteiger partial charge >= 0.3 is 6.03 Å². The Labute approximate surface area is 99.4 Å². The molecule has 1 rings (SSSR count). The van der Waals surface area contributed by atoms with Gasteiger partial charge in [-0.1, -0.05) is 33.1 Å². The van der Waals surface area contributed by atoms with Crippen LogP contribution in [-0.2, 0) is 0 Å². The Balaban J connectivity index is 2.18. The highest BCUT2D eigenvalue weighted by Crippen LogP contribution is 2.17.